The molecule has 1 N–H and O–H groups in total. The van der Waals surface area contributed by atoms with Crippen molar-refractivity contribution in [3.05, 3.63) is 51.7 Å². The topological polar surface area (TPSA) is 59.1 Å². The summed E-state index contributed by atoms with van der Waals surface area (Å²) in [5.41, 5.74) is 1.65. The Labute approximate surface area is 131 Å². The number of hydrogen-bond acceptors (Lipinski definition) is 3. The molecule has 0 fully saturated rings. The van der Waals surface area contributed by atoms with Crippen LogP contribution in [-0.4, -0.2) is 13.4 Å². The van der Waals surface area contributed by atoms with Gasteiger partial charge in [-0.25, -0.2) is 13.4 Å². The number of halogens is 2. The van der Waals surface area contributed by atoms with Crippen molar-refractivity contribution in [2.75, 3.05) is 4.72 Å². The highest BCUT2D eigenvalue weighted by molar-refractivity contribution is 9.10. The molecule has 0 saturated heterocycles. The first-order valence-corrected chi connectivity index (χ1v) is 8.50. The van der Waals surface area contributed by atoms with Gasteiger partial charge in [0.15, 0.2) is 0 Å². The molecule has 0 bridgehead atoms. The Kier molecular flexibility index (Phi) is 4.67. The highest BCUT2D eigenvalue weighted by atomic mass is 79.9. The lowest BCUT2D eigenvalue weighted by atomic mass is 10.2. The van der Waals surface area contributed by atoms with E-state index in [0.29, 0.717) is 10.2 Å². The van der Waals surface area contributed by atoms with E-state index in [4.69, 9.17) is 11.6 Å². The Balaban J connectivity index is 2.27. The number of anilines is 1. The average molecular weight is 376 g/mol. The van der Waals surface area contributed by atoms with Gasteiger partial charge in [0.05, 0.1) is 4.47 Å². The van der Waals surface area contributed by atoms with Crippen molar-refractivity contribution in [3.63, 3.8) is 0 Å². The number of rotatable bonds is 4. The van der Waals surface area contributed by atoms with Gasteiger partial charge in [0.25, 0.3) is 10.0 Å². The summed E-state index contributed by atoms with van der Waals surface area (Å²) >= 11 is 8.91. The second kappa shape index (κ2) is 6.11. The maximum atomic E-state index is 12.2. The zero-order valence-corrected chi connectivity index (χ0v) is 13.8. The zero-order valence-electron chi connectivity index (χ0n) is 10.6. The summed E-state index contributed by atoms with van der Waals surface area (Å²) in [4.78, 5) is 3.86. The van der Waals surface area contributed by atoms with E-state index in [1.165, 1.54) is 12.3 Å². The highest BCUT2D eigenvalue weighted by Crippen LogP contribution is 2.24. The molecule has 0 aliphatic rings. The van der Waals surface area contributed by atoms with Crippen LogP contribution in [-0.2, 0) is 16.4 Å². The van der Waals surface area contributed by atoms with Crippen molar-refractivity contribution in [1.29, 1.82) is 0 Å². The number of aromatic nitrogens is 1. The normalized spacial score (nSPS) is 11.3. The molecule has 0 radical (unpaired) electrons. The quantitative estimate of drug-likeness (QED) is 0.826. The standard InChI is InChI=1S/C13H12BrClN2O2S/c1-2-9-3-5-10(6-4-9)17-20(18,19)11-7-12(14)13(15)16-8-11/h3-8,17H,2H2,1H3. The molecule has 0 saturated carbocycles. The van der Waals surface area contributed by atoms with Gasteiger partial charge in [-0.2, -0.15) is 0 Å². The predicted molar refractivity (Wildman–Crippen MR) is 83.6 cm³/mol. The van der Waals surface area contributed by atoms with E-state index >= 15 is 0 Å². The molecule has 0 unspecified atom stereocenters. The summed E-state index contributed by atoms with van der Waals surface area (Å²) in [6, 6.07) is 8.64. The second-order valence-electron chi connectivity index (χ2n) is 4.10. The third-order valence-electron chi connectivity index (χ3n) is 2.70. The van der Waals surface area contributed by atoms with Gasteiger partial charge < -0.3 is 0 Å². The first-order valence-electron chi connectivity index (χ1n) is 5.85. The van der Waals surface area contributed by atoms with Crippen LogP contribution in [0.2, 0.25) is 5.15 Å². The molecule has 0 aliphatic carbocycles. The molecule has 1 heterocycles. The Bertz CT molecular complexity index is 718. The predicted octanol–water partition coefficient (Wildman–Crippen LogP) is 3.86. The fourth-order valence-electron chi connectivity index (χ4n) is 1.57. The third-order valence-corrected chi connectivity index (χ3v) is 5.18. The Hall–Kier alpha value is -1.11. The molecule has 1 aromatic carbocycles. The van der Waals surface area contributed by atoms with Gasteiger partial charge in [0.2, 0.25) is 0 Å². The lowest BCUT2D eigenvalue weighted by molar-refractivity contribution is 0.600. The van der Waals surface area contributed by atoms with Crippen molar-refractivity contribution in [3.8, 4) is 0 Å². The van der Waals surface area contributed by atoms with Gasteiger partial charge in [-0.05, 0) is 46.1 Å². The SMILES string of the molecule is CCc1ccc(NS(=O)(=O)c2cnc(Cl)c(Br)c2)cc1. The molecule has 0 atom stereocenters. The maximum Gasteiger partial charge on any atom is 0.263 e. The number of pyridine rings is 1. The van der Waals surface area contributed by atoms with E-state index < -0.39 is 10.0 Å². The highest BCUT2D eigenvalue weighted by Gasteiger charge is 2.16. The van der Waals surface area contributed by atoms with Gasteiger partial charge >= 0.3 is 0 Å². The lowest BCUT2D eigenvalue weighted by Gasteiger charge is -2.09. The Morgan fingerprint density at radius 2 is 1.95 bits per heavy atom. The molecule has 1 aromatic heterocycles. The molecule has 106 valence electrons. The largest absolute Gasteiger partial charge is 0.280 e. The van der Waals surface area contributed by atoms with Crippen molar-refractivity contribution in [2.45, 2.75) is 18.2 Å². The van der Waals surface area contributed by atoms with E-state index in [1.54, 1.807) is 12.1 Å². The van der Waals surface area contributed by atoms with Gasteiger partial charge in [-0.1, -0.05) is 30.7 Å². The van der Waals surface area contributed by atoms with E-state index in [1.807, 2.05) is 19.1 Å². The van der Waals surface area contributed by atoms with Gasteiger partial charge in [0, 0.05) is 11.9 Å². The molecule has 2 rings (SSSR count). The van der Waals surface area contributed by atoms with Crippen LogP contribution in [0.5, 0.6) is 0 Å². The number of nitrogens with one attached hydrogen (secondary N) is 1. The molecule has 2 aromatic rings. The number of nitrogens with zero attached hydrogens (tertiary/aromatic N) is 1. The van der Waals surface area contributed by atoms with Crippen LogP contribution in [0, 0.1) is 0 Å². The third kappa shape index (κ3) is 3.50. The molecular formula is C13H12BrClN2O2S. The first-order chi connectivity index (χ1) is 9.42. The fourth-order valence-corrected chi connectivity index (χ4v) is 3.21. The van der Waals surface area contributed by atoms with Crippen molar-refractivity contribution in [2.24, 2.45) is 0 Å². The number of sulfonamides is 1. The summed E-state index contributed by atoms with van der Waals surface area (Å²) in [6.07, 6.45) is 2.12. The minimum atomic E-state index is -3.67. The van der Waals surface area contributed by atoms with Crippen LogP contribution < -0.4 is 4.72 Å². The minimum Gasteiger partial charge on any atom is -0.280 e. The van der Waals surface area contributed by atoms with Crippen molar-refractivity contribution >= 4 is 43.2 Å². The van der Waals surface area contributed by atoms with Crippen LogP contribution in [0.15, 0.2) is 45.9 Å². The Morgan fingerprint density at radius 1 is 1.30 bits per heavy atom. The minimum absolute atomic E-state index is 0.0494. The monoisotopic (exact) mass is 374 g/mol. The van der Waals surface area contributed by atoms with Gasteiger partial charge in [-0.3, -0.25) is 4.72 Å². The molecular weight excluding hydrogens is 364 g/mol. The van der Waals surface area contributed by atoms with Crippen LogP contribution in [0.4, 0.5) is 5.69 Å². The molecule has 0 aliphatic heterocycles. The van der Waals surface area contributed by atoms with Crippen molar-refractivity contribution in [1.82, 2.24) is 4.98 Å². The molecule has 20 heavy (non-hydrogen) atoms. The van der Waals surface area contributed by atoms with Crippen LogP contribution >= 0.6 is 27.5 Å². The van der Waals surface area contributed by atoms with Crippen LogP contribution in [0.25, 0.3) is 0 Å². The zero-order chi connectivity index (χ0) is 14.8. The number of benzene rings is 1. The van der Waals surface area contributed by atoms with E-state index in [0.717, 1.165) is 12.0 Å². The summed E-state index contributed by atoms with van der Waals surface area (Å²) in [5, 5.41) is 0.219. The smallest absolute Gasteiger partial charge is 0.263 e. The van der Waals surface area contributed by atoms with E-state index in [2.05, 4.69) is 25.6 Å². The fraction of sp³-hybridized carbons (Fsp3) is 0.154. The summed E-state index contributed by atoms with van der Waals surface area (Å²) in [5.74, 6) is 0. The van der Waals surface area contributed by atoms with Gasteiger partial charge in [-0.15, -0.1) is 0 Å². The molecule has 7 heteroatoms. The van der Waals surface area contributed by atoms with Crippen LogP contribution in [0.1, 0.15) is 12.5 Å². The summed E-state index contributed by atoms with van der Waals surface area (Å²) in [7, 11) is -3.67. The van der Waals surface area contributed by atoms with Crippen molar-refractivity contribution < 1.29 is 8.42 Å². The summed E-state index contributed by atoms with van der Waals surface area (Å²) in [6.45, 7) is 2.04. The first kappa shape index (κ1) is 15.3. The average Bonchev–Trinajstić information content (AvgIpc) is 2.42. The van der Waals surface area contributed by atoms with Gasteiger partial charge in [0.1, 0.15) is 10.0 Å². The van der Waals surface area contributed by atoms with Crippen LogP contribution in [0.3, 0.4) is 0 Å². The summed E-state index contributed by atoms with van der Waals surface area (Å²) < 4.78 is 27.3. The van der Waals surface area contributed by atoms with E-state index in [9.17, 15) is 8.42 Å². The lowest BCUT2D eigenvalue weighted by Crippen LogP contribution is -2.13. The van der Waals surface area contributed by atoms with E-state index in [-0.39, 0.29) is 10.0 Å². The molecule has 0 amide bonds. The Morgan fingerprint density at radius 3 is 2.50 bits per heavy atom. The molecule has 0 spiro atoms. The second-order valence-corrected chi connectivity index (χ2v) is 6.99. The number of hydrogen-bond donors (Lipinski definition) is 1. The maximum absolute atomic E-state index is 12.2. The molecule has 4 nitrogen and oxygen atoms in total. The number of aryl methyl sites for hydroxylation is 1.